The van der Waals surface area contributed by atoms with Crippen LogP contribution in [0.2, 0.25) is 0 Å². The predicted octanol–water partition coefficient (Wildman–Crippen LogP) is 5.12. The van der Waals surface area contributed by atoms with Crippen LogP contribution in [0.4, 0.5) is 5.69 Å². The lowest BCUT2D eigenvalue weighted by atomic mass is 9.99. The number of carbonyl (C=O) groups excluding carboxylic acids is 1. The number of furan rings is 1. The van der Waals surface area contributed by atoms with Gasteiger partial charge in [0.1, 0.15) is 23.9 Å². The van der Waals surface area contributed by atoms with Gasteiger partial charge in [-0.05, 0) is 60.4 Å². The van der Waals surface area contributed by atoms with Crippen LogP contribution in [0.15, 0.2) is 63.9 Å². The fraction of sp³-hybridized carbons (Fsp3) is 0.292. The molecule has 0 radical (unpaired) electrons. The Balaban J connectivity index is 1.64. The largest absolute Gasteiger partial charge is 0.506 e. The zero-order valence-electron chi connectivity index (χ0n) is 18.3. The molecule has 3 aromatic rings. The summed E-state index contributed by atoms with van der Waals surface area (Å²) >= 11 is 0. The topological polar surface area (TPSA) is 106 Å². The fourth-order valence-electron chi connectivity index (χ4n) is 3.02. The van der Waals surface area contributed by atoms with Crippen molar-refractivity contribution in [3.63, 3.8) is 0 Å². The van der Waals surface area contributed by atoms with E-state index in [2.05, 4.69) is 19.2 Å². The summed E-state index contributed by atoms with van der Waals surface area (Å²) < 4.78 is 35.4. The average molecular weight is 458 g/mol. The number of aromatic hydroxyl groups is 1. The van der Waals surface area contributed by atoms with Gasteiger partial charge in [0.15, 0.2) is 15.6 Å². The summed E-state index contributed by atoms with van der Waals surface area (Å²) in [6, 6.07) is 14.7. The number of amides is 1. The van der Waals surface area contributed by atoms with Gasteiger partial charge >= 0.3 is 0 Å². The summed E-state index contributed by atoms with van der Waals surface area (Å²) in [5.41, 5.74) is 1.23. The van der Waals surface area contributed by atoms with E-state index >= 15 is 0 Å². The minimum atomic E-state index is -3.48. The van der Waals surface area contributed by atoms with Gasteiger partial charge in [0.2, 0.25) is 0 Å². The van der Waals surface area contributed by atoms with Gasteiger partial charge in [0.05, 0.1) is 16.3 Å². The molecule has 1 atom stereocenters. The number of anilines is 1. The molecule has 1 heterocycles. The highest BCUT2D eigenvalue weighted by Gasteiger charge is 2.17. The van der Waals surface area contributed by atoms with Crippen molar-refractivity contribution in [2.75, 3.05) is 11.1 Å². The van der Waals surface area contributed by atoms with Crippen LogP contribution in [0.1, 0.15) is 55.0 Å². The molecule has 0 saturated carbocycles. The molecule has 32 heavy (non-hydrogen) atoms. The maximum atomic E-state index is 12.5. The molecule has 0 aliphatic carbocycles. The molecule has 7 nitrogen and oxygen atoms in total. The van der Waals surface area contributed by atoms with Crippen molar-refractivity contribution in [3.8, 4) is 11.5 Å². The van der Waals surface area contributed by atoms with Gasteiger partial charge in [-0.15, -0.1) is 0 Å². The number of phenolic OH excluding ortho intramolecular Hbond substituents is 1. The summed E-state index contributed by atoms with van der Waals surface area (Å²) in [4.78, 5) is 12.5. The number of rotatable bonds is 9. The molecule has 170 valence electrons. The Kier molecular flexibility index (Phi) is 7.25. The van der Waals surface area contributed by atoms with E-state index in [-0.39, 0.29) is 34.5 Å². The minimum Gasteiger partial charge on any atom is -0.506 e. The molecule has 3 rings (SSSR count). The first kappa shape index (κ1) is 23.4. The second-order valence-corrected chi connectivity index (χ2v) is 9.75. The van der Waals surface area contributed by atoms with Crippen LogP contribution >= 0.6 is 0 Å². The monoisotopic (exact) mass is 457 g/mol. The molecule has 1 aromatic heterocycles. The number of hydrogen-bond acceptors (Lipinski definition) is 6. The molecule has 0 fully saturated rings. The van der Waals surface area contributed by atoms with Crippen molar-refractivity contribution in [2.45, 2.75) is 44.6 Å². The van der Waals surface area contributed by atoms with E-state index in [4.69, 9.17) is 9.15 Å². The number of hydrogen-bond donors (Lipinski definition) is 2. The Morgan fingerprint density at radius 2 is 1.81 bits per heavy atom. The molecular weight excluding hydrogens is 430 g/mol. The van der Waals surface area contributed by atoms with E-state index < -0.39 is 15.7 Å². The second-order valence-electron chi connectivity index (χ2n) is 7.47. The standard InChI is InChI=1S/C24H27NO6S/c1-4-16(3)17-6-8-18(9-7-17)30-15-19-10-13-23(31-19)24(27)25-21-14-20(11-12-22(21)26)32(28,29)5-2/h6-14,16,26H,4-5,15H2,1-3H3,(H,25,27). The molecule has 0 bridgehead atoms. The van der Waals surface area contributed by atoms with Crippen molar-refractivity contribution < 1.29 is 27.5 Å². The second kappa shape index (κ2) is 9.91. The van der Waals surface area contributed by atoms with Crippen molar-refractivity contribution in [3.05, 3.63) is 71.7 Å². The Morgan fingerprint density at radius 1 is 1.09 bits per heavy atom. The first-order chi connectivity index (χ1) is 15.2. The first-order valence-corrected chi connectivity index (χ1v) is 12.1. The van der Waals surface area contributed by atoms with Crippen molar-refractivity contribution in [1.29, 1.82) is 0 Å². The van der Waals surface area contributed by atoms with E-state index in [1.54, 1.807) is 6.07 Å². The van der Waals surface area contributed by atoms with Gasteiger partial charge < -0.3 is 19.6 Å². The number of carbonyl (C=O) groups is 1. The third-order valence-electron chi connectivity index (χ3n) is 5.28. The number of nitrogens with one attached hydrogen (secondary N) is 1. The van der Waals surface area contributed by atoms with Crippen molar-refractivity contribution in [2.24, 2.45) is 0 Å². The molecule has 0 spiro atoms. The lowest BCUT2D eigenvalue weighted by molar-refractivity contribution is 0.0992. The van der Waals surface area contributed by atoms with Gasteiger partial charge in [0, 0.05) is 0 Å². The molecule has 1 unspecified atom stereocenters. The third kappa shape index (κ3) is 5.50. The van der Waals surface area contributed by atoms with Crippen LogP contribution in [0.5, 0.6) is 11.5 Å². The summed E-state index contributed by atoms with van der Waals surface area (Å²) in [5.74, 6) is 0.690. The summed E-state index contributed by atoms with van der Waals surface area (Å²) in [6.07, 6.45) is 1.06. The van der Waals surface area contributed by atoms with Crippen molar-refractivity contribution in [1.82, 2.24) is 0 Å². The highest BCUT2D eigenvalue weighted by Crippen LogP contribution is 2.28. The van der Waals surface area contributed by atoms with Gasteiger partial charge in [-0.1, -0.05) is 32.9 Å². The SMILES string of the molecule is CCC(C)c1ccc(OCc2ccc(C(=O)Nc3cc(S(=O)(=O)CC)ccc3O)o2)cc1. The molecule has 8 heteroatoms. The lowest BCUT2D eigenvalue weighted by Gasteiger charge is -2.10. The van der Waals surface area contributed by atoms with E-state index in [0.717, 1.165) is 6.42 Å². The van der Waals surface area contributed by atoms with Gasteiger partial charge in [-0.3, -0.25) is 4.79 Å². The molecule has 2 aromatic carbocycles. The van der Waals surface area contributed by atoms with Crippen LogP contribution in [0.3, 0.4) is 0 Å². The number of ether oxygens (including phenoxy) is 1. The normalized spacial score (nSPS) is 12.3. The average Bonchev–Trinajstić information content (AvgIpc) is 3.28. The smallest absolute Gasteiger partial charge is 0.291 e. The summed E-state index contributed by atoms with van der Waals surface area (Å²) in [5, 5.41) is 12.5. The van der Waals surface area contributed by atoms with Gasteiger partial charge in [-0.2, -0.15) is 0 Å². The number of benzene rings is 2. The number of sulfone groups is 1. The van der Waals surface area contributed by atoms with Crippen molar-refractivity contribution >= 4 is 21.4 Å². The number of phenols is 1. The van der Waals surface area contributed by atoms with E-state index in [9.17, 15) is 18.3 Å². The minimum absolute atomic E-state index is 0.0128. The third-order valence-corrected chi connectivity index (χ3v) is 7.02. The summed E-state index contributed by atoms with van der Waals surface area (Å²) in [7, 11) is -3.48. The van der Waals surface area contributed by atoms with Crippen LogP contribution < -0.4 is 10.1 Å². The first-order valence-electron chi connectivity index (χ1n) is 10.4. The molecule has 2 N–H and O–H groups in total. The Hall–Kier alpha value is -3.26. The van der Waals surface area contributed by atoms with Gasteiger partial charge in [0.25, 0.3) is 5.91 Å². The Labute approximate surface area is 188 Å². The highest BCUT2D eigenvalue weighted by molar-refractivity contribution is 7.91. The van der Waals surface area contributed by atoms with E-state index in [1.165, 1.54) is 36.8 Å². The lowest BCUT2D eigenvalue weighted by Crippen LogP contribution is -2.12. The Bertz CT molecular complexity index is 1180. The fourth-order valence-corrected chi connectivity index (χ4v) is 3.93. The molecular formula is C24H27NO6S. The van der Waals surface area contributed by atoms with Crippen LogP contribution in [-0.2, 0) is 16.4 Å². The molecule has 0 saturated heterocycles. The van der Waals surface area contributed by atoms with Crippen LogP contribution in [0, 0.1) is 0 Å². The van der Waals surface area contributed by atoms with E-state index in [0.29, 0.717) is 17.4 Å². The maximum absolute atomic E-state index is 12.5. The molecule has 0 aliphatic heterocycles. The zero-order chi connectivity index (χ0) is 23.3. The molecule has 1 amide bonds. The quantitative estimate of drug-likeness (QED) is 0.432. The summed E-state index contributed by atoms with van der Waals surface area (Å²) in [6.45, 7) is 5.98. The Morgan fingerprint density at radius 3 is 2.47 bits per heavy atom. The molecule has 0 aliphatic rings. The van der Waals surface area contributed by atoms with Crippen LogP contribution in [0.25, 0.3) is 0 Å². The maximum Gasteiger partial charge on any atom is 0.291 e. The van der Waals surface area contributed by atoms with Gasteiger partial charge in [-0.25, -0.2) is 8.42 Å². The van der Waals surface area contributed by atoms with Crippen LogP contribution in [-0.4, -0.2) is 25.2 Å². The van der Waals surface area contributed by atoms with E-state index in [1.807, 2.05) is 24.3 Å². The predicted molar refractivity (Wildman–Crippen MR) is 122 cm³/mol. The highest BCUT2D eigenvalue weighted by atomic mass is 32.2. The zero-order valence-corrected chi connectivity index (χ0v) is 19.1.